The summed E-state index contributed by atoms with van der Waals surface area (Å²) >= 11 is 0. The first-order valence-electron chi connectivity index (χ1n) is 5.20. The van der Waals surface area contributed by atoms with E-state index in [0.717, 1.165) is 6.42 Å². The SMILES string of the molecule is CC1CC(=O)OC12CCCC2(C)C. The Morgan fingerprint density at radius 3 is 2.46 bits per heavy atom. The van der Waals surface area contributed by atoms with Crippen LogP contribution in [0, 0.1) is 11.3 Å². The van der Waals surface area contributed by atoms with Gasteiger partial charge in [-0.15, -0.1) is 0 Å². The zero-order chi connectivity index (χ0) is 9.69. The molecular formula is C11H18O2. The van der Waals surface area contributed by atoms with Crippen molar-refractivity contribution >= 4 is 5.97 Å². The summed E-state index contributed by atoms with van der Waals surface area (Å²) in [6, 6.07) is 0. The van der Waals surface area contributed by atoms with E-state index in [-0.39, 0.29) is 17.0 Å². The zero-order valence-electron chi connectivity index (χ0n) is 8.72. The molecule has 1 saturated heterocycles. The molecule has 0 radical (unpaired) electrons. The molecule has 1 spiro atoms. The van der Waals surface area contributed by atoms with Gasteiger partial charge in [-0.1, -0.05) is 20.8 Å². The number of hydrogen-bond acceptors (Lipinski definition) is 2. The molecule has 0 aromatic rings. The van der Waals surface area contributed by atoms with Crippen LogP contribution in [0.5, 0.6) is 0 Å². The maximum Gasteiger partial charge on any atom is 0.306 e. The molecule has 1 heterocycles. The predicted octanol–water partition coefficient (Wildman–Crippen LogP) is 2.52. The van der Waals surface area contributed by atoms with Gasteiger partial charge in [0.15, 0.2) is 0 Å². The number of carbonyl (C=O) groups excluding carboxylic acids is 1. The smallest absolute Gasteiger partial charge is 0.306 e. The molecule has 0 bridgehead atoms. The highest BCUT2D eigenvalue weighted by atomic mass is 16.6. The lowest BCUT2D eigenvalue weighted by atomic mass is 9.71. The van der Waals surface area contributed by atoms with Gasteiger partial charge >= 0.3 is 5.97 Å². The lowest BCUT2D eigenvalue weighted by molar-refractivity contribution is -0.158. The fraction of sp³-hybridized carbons (Fsp3) is 0.909. The monoisotopic (exact) mass is 182 g/mol. The molecule has 2 nitrogen and oxygen atoms in total. The highest BCUT2D eigenvalue weighted by Crippen LogP contribution is 2.55. The lowest BCUT2D eigenvalue weighted by Gasteiger charge is -2.39. The Bertz CT molecular complexity index is 244. The largest absolute Gasteiger partial charge is 0.458 e. The first-order valence-corrected chi connectivity index (χ1v) is 5.20. The van der Waals surface area contributed by atoms with Crippen molar-refractivity contribution in [1.29, 1.82) is 0 Å². The second kappa shape index (κ2) is 2.49. The third kappa shape index (κ3) is 1.04. The van der Waals surface area contributed by atoms with Crippen LogP contribution in [0.3, 0.4) is 0 Å². The maximum absolute atomic E-state index is 11.3. The predicted molar refractivity (Wildman–Crippen MR) is 50.2 cm³/mol. The normalized spacial score (nSPS) is 42.7. The first-order chi connectivity index (χ1) is 5.98. The van der Waals surface area contributed by atoms with E-state index in [4.69, 9.17) is 4.74 Å². The average molecular weight is 182 g/mol. The van der Waals surface area contributed by atoms with Crippen LogP contribution in [0.25, 0.3) is 0 Å². The maximum atomic E-state index is 11.3. The molecule has 2 fully saturated rings. The molecule has 0 aromatic heterocycles. The molecule has 74 valence electrons. The van der Waals surface area contributed by atoms with Gasteiger partial charge in [-0.2, -0.15) is 0 Å². The van der Waals surface area contributed by atoms with Gasteiger partial charge in [0.2, 0.25) is 0 Å². The molecule has 0 aromatic carbocycles. The summed E-state index contributed by atoms with van der Waals surface area (Å²) in [4.78, 5) is 11.3. The number of rotatable bonds is 0. The fourth-order valence-electron chi connectivity index (χ4n) is 3.21. The summed E-state index contributed by atoms with van der Waals surface area (Å²) in [5.74, 6) is 0.403. The molecule has 2 atom stereocenters. The van der Waals surface area contributed by atoms with E-state index in [9.17, 15) is 4.79 Å². The zero-order valence-corrected chi connectivity index (χ0v) is 8.72. The molecule has 13 heavy (non-hydrogen) atoms. The minimum atomic E-state index is -0.135. The number of ether oxygens (including phenoxy) is 1. The Hall–Kier alpha value is -0.530. The van der Waals surface area contributed by atoms with Crippen molar-refractivity contribution in [2.45, 2.75) is 52.1 Å². The van der Waals surface area contributed by atoms with Crippen LogP contribution in [-0.4, -0.2) is 11.6 Å². The first kappa shape index (κ1) is 9.04. The standard InChI is InChI=1S/C11H18O2/c1-8-7-9(12)13-11(8)6-4-5-10(11,2)3/h8H,4-7H2,1-3H3. The Morgan fingerprint density at radius 2 is 2.08 bits per heavy atom. The van der Waals surface area contributed by atoms with Crippen molar-refractivity contribution in [1.82, 2.24) is 0 Å². The highest BCUT2D eigenvalue weighted by molar-refractivity contribution is 5.73. The van der Waals surface area contributed by atoms with E-state index in [1.807, 2.05) is 0 Å². The number of esters is 1. The van der Waals surface area contributed by atoms with E-state index in [1.54, 1.807) is 0 Å². The summed E-state index contributed by atoms with van der Waals surface area (Å²) in [7, 11) is 0. The second-order valence-electron chi connectivity index (χ2n) is 5.21. The van der Waals surface area contributed by atoms with Crippen LogP contribution in [0.2, 0.25) is 0 Å². The van der Waals surface area contributed by atoms with Gasteiger partial charge in [0, 0.05) is 11.3 Å². The quantitative estimate of drug-likeness (QED) is 0.538. The van der Waals surface area contributed by atoms with Gasteiger partial charge in [0.05, 0.1) is 6.42 Å². The number of carbonyl (C=O) groups is 1. The van der Waals surface area contributed by atoms with Crippen LogP contribution in [-0.2, 0) is 9.53 Å². The Morgan fingerprint density at radius 1 is 1.38 bits per heavy atom. The topological polar surface area (TPSA) is 26.3 Å². The van der Waals surface area contributed by atoms with Crippen molar-refractivity contribution in [3.05, 3.63) is 0 Å². The summed E-state index contributed by atoms with van der Waals surface area (Å²) in [6.07, 6.45) is 4.06. The van der Waals surface area contributed by atoms with E-state index < -0.39 is 0 Å². The Labute approximate surface area is 79.7 Å². The summed E-state index contributed by atoms with van der Waals surface area (Å²) in [5.41, 5.74) is 0.0443. The van der Waals surface area contributed by atoms with Gasteiger partial charge in [0.25, 0.3) is 0 Å². The molecule has 0 N–H and O–H groups in total. The minimum absolute atomic E-state index is 0.00229. The van der Waals surface area contributed by atoms with Crippen LogP contribution >= 0.6 is 0 Å². The van der Waals surface area contributed by atoms with Gasteiger partial charge in [-0.25, -0.2) is 0 Å². The van der Waals surface area contributed by atoms with Crippen LogP contribution < -0.4 is 0 Å². The van der Waals surface area contributed by atoms with E-state index in [0.29, 0.717) is 12.3 Å². The van der Waals surface area contributed by atoms with Crippen molar-refractivity contribution < 1.29 is 9.53 Å². The Kier molecular flexibility index (Phi) is 1.73. The number of hydrogen-bond donors (Lipinski definition) is 0. The van der Waals surface area contributed by atoms with Crippen LogP contribution in [0.4, 0.5) is 0 Å². The van der Waals surface area contributed by atoms with Crippen molar-refractivity contribution in [3.8, 4) is 0 Å². The van der Waals surface area contributed by atoms with E-state index in [1.165, 1.54) is 12.8 Å². The fourth-order valence-corrected chi connectivity index (χ4v) is 3.21. The van der Waals surface area contributed by atoms with Gasteiger partial charge in [-0.3, -0.25) is 4.79 Å². The Balaban J connectivity index is 2.34. The minimum Gasteiger partial charge on any atom is -0.458 e. The molecule has 0 amide bonds. The van der Waals surface area contributed by atoms with Crippen molar-refractivity contribution in [2.75, 3.05) is 0 Å². The third-order valence-corrected chi connectivity index (χ3v) is 4.06. The molecule has 2 rings (SSSR count). The van der Waals surface area contributed by atoms with Crippen LogP contribution in [0.15, 0.2) is 0 Å². The molecular weight excluding hydrogens is 164 g/mol. The molecule has 1 aliphatic heterocycles. The molecule has 2 aliphatic rings. The lowest BCUT2D eigenvalue weighted by Crippen LogP contribution is -2.44. The molecule has 2 unspecified atom stereocenters. The van der Waals surface area contributed by atoms with Crippen molar-refractivity contribution in [2.24, 2.45) is 11.3 Å². The van der Waals surface area contributed by atoms with E-state index >= 15 is 0 Å². The summed E-state index contributed by atoms with van der Waals surface area (Å²) < 4.78 is 5.60. The van der Waals surface area contributed by atoms with Crippen molar-refractivity contribution in [3.63, 3.8) is 0 Å². The molecule has 1 saturated carbocycles. The van der Waals surface area contributed by atoms with E-state index in [2.05, 4.69) is 20.8 Å². The second-order valence-corrected chi connectivity index (χ2v) is 5.21. The van der Waals surface area contributed by atoms with Gasteiger partial charge < -0.3 is 4.74 Å². The molecule has 1 aliphatic carbocycles. The van der Waals surface area contributed by atoms with Gasteiger partial charge in [-0.05, 0) is 19.3 Å². The van der Waals surface area contributed by atoms with Gasteiger partial charge in [0.1, 0.15) is 5.60 Å². The average Bonchev–Trinajstić information content (AvgIpc) is 2.40. The summed E-state index contributed by atoms with van der Waals surface area (Å²) in [6.45, 7) is 6.61. The summed E-state index contributed by atoms with van der Waals surface area (Å²) in [5, 5.41) is 0. The third-order valence-electron chi connectivity index (χ3n) is 4.06. The molecule has 2 heteroatoms. The highest BCUT2D eigenvalue weighted by Gasteiger charge is 2.58. The van der Waals surface area contributed by atoms with Crippen LogP contribution in [0.1, 0.15) is 46.5 Å².